The Labute approximate surface area is 225 Å². The number of benzene rings is 1. The Bertz CT molecular complexity index is 1050. The maximum Gasteiger partial charge on any atom is 1.00 e. The molecule has 182 valence electrons. The van der Waals surface area contributed by atoms with Gasteiger partial charge in [-0.3, -0.25) is 24.5 Å². The molecular formula is C23H29N5NaO6+. The number of aliphatic carboxylic acids is 1. The van der Waals surface area contributed by atoms with Crippen LogP contribution in [-0.2, 0) is 14.4 Å². The van der Waals surface area contributed by atoms with E-state index in [1.807, 2.05) is 25.1 Å². The van der Waals surface area contributed by atoms with Gasteiger partial charge in [0.25, 0.3) is 5.69 Å². The first-order chi connectivity index (χ1) is 16.2. The number of nitrogens with zero attached hydrogens (tertiary/aromatic N) is 2. The van der Waals surface area contributed by atoms with Crippen molar-refractivity contribution in [2.45, 2.75) is 45.6 Å². The number of amides is 2. The Hall–Kier alpha value is -3.02. The third-order valence-corrected chi connectivity index (χ3v) is 5.02. The molecule has 12 heteroatoms. The summed E-state index contributed by atoms with van der Waals surface area (Å²) in [7, 11) is 0. The molecule has 1 aromatic heterocycles. The molecule has 2 rings (SSSR count). The molecule has 2 aromatic rings. The maximum absolute atomic E-state index is 12.3. The van der Waals surface area contributed by atoms with Crippen molar-refractivity contribution in [1.82, 2.24) is 15.6 Å². The van der Waals surface area contributed by atoms with Crippen molar-refractivity contribution < 1.29 is 54.0 Å². The molecule has 1 unspecified atom stereocenters. The summed E-state index contributed by atoms with van der Waals surface area (Å²) in [4.78, 5) is 50.5. The van der Waals surface area contributed by atoms with E-state index < -0.39 is 29.3 Å². The second-order valence-corrected chi connectivity index (χ2v) is 7.85. The van der Waals surface area contributed by atoms with Gasteiger partial charge in [0.1, 0.15) is 5.82 Å². The SMILES string of the molecule is Cc1cccc(NCCCCC(=O)NCC(=O)NC(CC(=O)O)c2ccc(C)c([N+](=O)[O-])c2)n1.[Na+]. The van der Waals surface area contributed by atoms with E-state index >= 15 is 0 Å². The number of carboxylic acid groups (broad SMARTS) is 1. The van der Waals surface area contributed by atoms with Crippen molar-refractivity contribution in [1.29, 1.82) is 0 Å². The molecule has 11 nitrogen and oxygen atoms in total. The number of aromatic nitrogens is 1. The second kappa shape index (κ2) is 15.1. The van der Waals surface area contributed by atoms with Gasteiger partial charge < -0.3 is 21.1 Å². The van der Waals surface area contributed by atoms with E-state index in [1.165, 1.54) is 18.2 Å². The zero-order valence-electron chi connectivity index (χ0n) is 20.2. The van der Waals surface area contributed by atoms with Gasteiger partial charge in [-0.1, -0.05) is 18.2 Å². The minimum absolute atomic E-state index is 0. The van der Waals surface area contributed by atoms with Gasteiger partial charge in [-0.15, -0.1) is 0 Å². The predicted octanol–water partition coefficient (Wildman–Crippen LogP) is -0.359. The van der Waals surface area contributed by atoms with Gasteiger partial charge in [-0.2, -0.15) is 0 Å². The van der Waals surface area contributed by atoms with Crippen LogP contribution in [0.2, 0.25) is 0 Å². The average molecular weight is 495 g/mol. The molecule has 4 N–H and O–H groups in total. The number of carboxylic acids is 1. The van der Waals surface area contributed by atoms with Crippen LogP contribution in [0.4, 0.5) is 11.5 Å². The van der Waals surface area contributed by atoms with Crippen molar-refractivity contribution in [3.8, 4) is 0 Å². The van der Waals surface area contributed by atoms with Gasteiger partial charge in [0.15, 0.2) is 0 Å². The first-order valence-electron chi connectivity index (χ1n) is 10.9. The topological polar surface area (TPSA) is 164 Å². The number of unbranched alkanes of at least 4 members (excludes halogenated alkanes) is 1. The third-order valence-electron chi connectivity index (χ3n) is 5.02. The van der Waals surface area contributed by atoms with Crippen LogP contribution in [0.5, 0.6) is 0 Å². The molecule has 1 aromatic carbocycles. The third kappa shape index (κ3) is 10.8. The zero-order valence-corrected chi connectivity index (χ0v) is 22.2. The Balaban J connectivity index is 0.00000612. The molecule has 0 radical (unpaired) electrons. The van der Waals surface area contributed by atoms with Gasteiger partial charge in [0.05, 0.1) is 23.9 Å². The fraction of sp³-hybridized carbons (Fsp3) is 0.391. The number of nitro groups is 1. The molecule has 0 saturated carbocycles. The standard InChI is InChI=1S/C23H29N5O6.Na/c1-15-9-10-17(12-19(15)28(33)34)18(13-23(31)32)27-22(30)14-25-21(29)8-3-4-11-24-20-7-5-6-16(2)26-20;/h5-7,9-10,12,18H,3-4,8,11,13-14H2,1-2H3,(H,24,26)(H,25,29)(H,27,30)(H,31,32);/q;+1. The molecule has 0 saturated heterocycles. The molecule has 0 aliphatic carbocycles. The number of anilines is 1. The average Bonchev–Trinajstić information content (AvgIpc) is 2.77. The van der Waals surface area contributed by atoms with E-state index in [2.05, 4.69) is 20.9 Å². The largest absolute Gasteiger partial charge is 1.00 e. The predicted molar refractivity (Wildman–Crippen MR) is 125 cm³/mol. The molecule has 0 fully saturated rings. The quantitative estimate of drug-likeness (QED) is 0.127. The van der Waals surface area contributed by atoms with Gasteiger partial charge in [0, 0.05) is 30.3 Å². The zero-order chi connectivity index (χ0) is 25.1. The Morgan fingerprint density at radius 3 is 2.51 bits per heavy atom. The summed E-state index contributed by atoms with van der Waals surface area (Å²) in [6.45, 7) is 3.80. The number of hydrogen-bond donors (Lipinski definition) is 4. The second-order valence-electron chi connectivity index (χ2n) is 7.85. The first kappa shape index (κ1) is 30.0. The van der Waals surface area contributed by atoms with Crippen LogP contribution in [-0.4, -0.2) is 45.9 Å². The van der Waals surface area contributed by atoms with Gasteiger partial charge in [-0.25, -0.2) is 4.98 Å². The van der Waals surface area contributed by atoms with Gasteiger partial charge in [-0.05, 0) is 44.4 Å². The molecule has 0 aliphatic rings. The van der Waals surface area contributed by atoms with Crippen molar-refractivity contribution in [3.05, 3.63) is 63.3 Å². The van der Waals surface area contributed by atoms with Gasteiger partial charge in [0.2, 0.25) is 11.8 Å². The van der Waals surface area contributed by atoms with E-state index in [-0.39, 0.29) is 54.1 Å². The van der Waals surface area contributed by atoms with Crippen LogP contribution < -0.4 is 45.5 Å². The van der Waals surface area contributed by atoms with E-state index in [9.17, 15) is 29.6 Å². The van der Waals surface area contributed by atoms with E-state index in [1.54, 1.807) is 6.92 Å². The fourth-order valence-corrected chi connectivity index (χ4v) is 3.25. The monoisotopic (exact) mass is 494 g/mol. The summed E-state index contributed by atoms with van der Waals surface area (Å²) < 4.78 is 0. The number of nitrogens with one attached hydrogen (secondary N) is 3. The Morgan fingerprint density at radius 1 is 1.11 bits per heavy atom. The number of carbonyl (C=O) groups excluding carboxylic acids is 2. The van der Waals surface area contributed by atoms with Crippen LogP contribution in [0.1, 0.15) is 48.5 Å². The van der Waals surface area contributed by atoms with Crippen molar-refractivity contribution in [3.63, 3.8) is 0 Å². The summed E-state index contributed by atoms with van der Waals surface area (Å²) in [6, 6.07) is 8.99. The van der Waals surface area contributed by atoms with E-state index in [0.717, 1.165) is 17.9 Å². The van der Waals surface area contributed by atoms with Crippen molar-refractivity contribution >= 4 is 29.3 Å². The molecule has 1 heterocycles. The summed E-state index contributed by atoms with van der Waals surface area (Å²) in [5.41, 5.74) is 1.47. The molecule has 2 amide bonds. The summed E-state index contributed by atoms with van der Waals surface area (Å²) in [6.07, 6.45) is 1.13. The van der Waals surface area contributed by atoms with E-state index in [0.29, 0.717) is 24.1 Å². The van der Waals surface area contributed by atoms with Crippen LogP contribution in [0.3, 0.4) is 0 Å². The van der Waals surface area contributed by atoms with Crippen molar-refractivity contribution in [2.24, 2.45) is 0 Å². The smallest absolute Gasteiger partial charge is 0.481 e. The molecular weight excluding hydrogens is 465 g/mol. The molecule has 0 spiro atoms. The van der Waals surface area contributed by atoms with Crippen LogP contribution >= 0.6 is 0 Å². The number of hydrogen-bond acceptors (Lipinski definition) is 7. The summed E-state index contributed by atoms with van der Waals surface area (Å²) >= 11 is 0. The minimum atomic E-state index is -1.17. The Kier molecular flexibility index (Phi) is 12.9. The summed E-state index contributed by atoms with van der Waals surface area (Å²) in [5.74, 6) is -1.29. The number of pyridine rings is 1. The van der Waals surface area contributed by atoms with Gasteiger partial charge >= 0.3 is 35.5 Å². The Morgan fingerprint density at radius 2 is 1.86 bits per heavy atom. The fourth-order valence-electron chi connectivity index (χ4n) is 3.25. The molecule has 0 bridgehead atoms. The maximum atomic E-state index is 12.3. The molecule has 0 aliphatic heterocycles. The summed E-state index contributed by atoms with van der Waals surface area (Å²) in [5, 5.41) is 28.6. The molecule has 1 atom stereocenters. The number of nitro benzene ring substituents is 1. The number of carbonyl (C=O) groups is 3. The van der Waals surface area contributed by atoms with Crippen LogP contribution in [0.25, 0.3) is 0 Å². The number of aryl methyl sites for hydroxylation is 2. The molecule has 35 heavy (non-hydrogen) atoms. The van der Waals surface area contributed by atoms with Crippen LogP contribution in [0, 0.1) is 24.0 Å². The minimum Gasteiger partial charge on any atom is -0.481 e. The van der Waals surface area contributed by atoms with E-state index in [4.69, 9.17) is 0 Å². The van der Waals surface area contributed by atoms with Crippen LogP contribution in [0.15, 0.2) is 36.4 Å². The number of rotatable bonds is 13. The van der Waals surface area contributed by atoms with Crippen molar-refractivity contribution in [2.75, 3.05) is 18.4 Å². The normalized spacial score (nSPS) is 11.0. The first-order valence-corrected chi connectivity index (χ1v) is 10.9.